The van der Waals surface area contributed by atoms with E-state index in [9.17, 15) is 9.59 Å². The van der Waals surface area contributed by atoms with E-state index < -0.39 is 0 Å². The molecule has 5 atom stereocenters. The number of fused-ring (bicyclic) bond motifs is 2. The third-order valence-corrected chi connectivity index (χ3v) is 8.67. The Labute approximate surface area is 175 Å². The number of hydrogen-bond donors (Lipinski definition) is 2. The first-order chi connectivity index (χ1) is 13.7. The van der Waals surface area contributed by atoms with Crippen molar-refractivity contribution in [3.05, 3.63) is 0 Å². The van der Waals surface area contributed by atoms with E-state index in [4.69, 9.17) is 0 Å². The van der Waals surface area contributed by atoms with Crippen LogP contribution in [0.5, 0.6) is 0 Å². The van der Waals surface area contributed by atoms with Gasteiger partial charge in [0.2, 0.25) is 11.8 Å². The molecule has 2 saturated heterocycles. The molecule has 3 unspecified atom stereocenters. The Hall–Kier alpha value is -1.10. The summed E-state index contributed by atoms with van der Waals surface area (Å²) in [5, 5.41) is 6.67. The van der Waals surface area contributed by atoms with Crippen LogP contribution in [0.4, 0.5) is 0 Å². The predicted octanol–water partition coefficient (Wildman–Crippen LogP) is 3.23. The number of piperidine rings is 1. The quantitative estimate of drug-likeness (QED) is 0.743. The highest BCUT2D eigenvalue weighted by Gasteiger charge is 2.58. The van der Waals surface area contributed by atoms with Gasteiger partial charge in [-0.1, -0.05) is 0 Å². The lowest BCUT2D eigenvalue weighted by Crippen LogP contribution is -2.52. The Morgan fingerprint density at radius 2 is 1.55 bits per heavy atom. The van der Waals surface area contributed by atoms with Crippen molar-refractivity contribution in [2.24, 2.45) is 23.7 Å². The first-order valence-corrected chi connectivity index (χ1v) is 12.1. The fourth-order valence-electron chi connectivity index (χ4n) is 8.03. The minimum Gasteiger partial charge on any atom is -0.350 e. The largest absolute Gasteiger partial charge is 0.350 e. The monoisotopic (exact) mass is 401 g/mol. The number of amides is 2. The molecule has 0 aromatic heterocycles. The van der Waals surface area contributed by atoms with Crippen LogP contribution in [0.15, 0.2) is 0 Å². The molecule has 0 spiro atoms. The molecular formula is C24H39N3O2. The van der Waals surface area contributed by atoms with Crippen molar-refractivity contribution in [3.8, 4) is 0 Å². The lowest BCUT2D eigenvalue weighted by Gasteiger charge is -2.39. The zero-order valence-electron chi connectivity index (χ0n) is 18.5. The van der Waals surface area contributed by atoms with Crippen molar-refractivity contribution < 1.29 is 9.59 Å². The van der Waals surface area contributed by atoms with E-state index in [2.05, 4.69) is 15.5 Å². The predicted molar refractivity (Wildman–Crippen MR) is 113 cm³/mol. The van der Waals surface area contributed by atoms with Crippen LogP contribution < -0.4 is 10.6 Å². The van der Waals surface area contributed by atoms with E-state index in [1.807, 2.05) is 20.8 Å². The van der Waals surface area contributed by atoms with Gasteiger partial charge in [0, 0.05) is 29.6 Å². The summed E-state index contributed by atoms with van der Waals surface area (Å²) in [6.07, 6.45) is 11.8. The molecule has 6 fully saturated rings. The number of carbonyl (C=O) groups excluding carboxylic acids is 2. The van der Waals surface area contributed by atoms with Crippen LogP contribution in [0.2, 0.25) is 0 Å². The van der Waals surface area contributed by atoms with Gasteiger partial charge in [-0.3, -0.25) is 14.5 Å². The molecule has 0 radical (unpaired) electrons. The molecule has 0 aromatic rings. The molecule has 6 aliphatic rings. The second-order valence-electron chi connectivity index (χ2n) is 12.1. The molecule has 29 heavy (non-hydrogen) atoms. The molecule has 2 N–H and O–H groups in total. The smallest absolute Gasteiger partial charge is 0.234 e. The molecule has 2 heterocycles. The van der Waals surface area contributed by atoms with Gasteiger partial charge in [-0.15, -0.1) is 0 Å². The Morgan fingerprint density at radius 1 is 0.931 bits per heavy atom. The Balaban J connectivity index is 1.14. The van der Waals surface area contributed by atoms with Crippen molar-refractivity contribution >= 4 is 11.8 Å². The van der Waals surface area contributed by atoms with Gasteiger partial charge in [-0.25, -0.2) is 0 Å². The molecule has 0 aromatic carbocycles. The van der Waals surface area contributed by atoms with Gasteiger partial charge in [-0.05, 0) is 102 Å². The molecule has 4 aliphatic carbocycles. The number of hydrogen-bond acceptors (Lipinski definition) is 3. The van der Waals surface area contributed by atoms with Crippen molar-refractivity contribution in [2.75, 3.05) is 6.54 Å². The molecule has 2 amide bonds. The normalized spacial score (nSPS) is 43.0. The summed E-state index contributed by atoms with van der Waals surface area (Å²) in [5.41, 5.74) is -0.0136. The van der Waals surface area contributed by atoms with Crippen molar-refractivity contribution in [1.82, 2.24) is 15.5 Å². The first-order valence-electron chi connectivity index (χ1n) is 12.1. The maximum atomic E-state index is 13.0. The topological polar surface area (TPSA) is 61.4 Å². The summed E-state index contributed by atoms with van der Waals surface area (Å²) < 4.78 is 0. The van der Waals surface area contributed by atoms with Crippen molar-refractivity contribution in [2.45, 2.75) is 108 Å². The molecular weight excluding hydrogens is 362 g/mol. The number of rotatable bonds is 5. The minimum atomic E-state index is -0.176. The van der Waals surface area contributed by atoms with Gasteiger partial charge < -0.3 is 10.6 Å². The van der Waals surface area contributed by atoms with Crippen molar-refractivity contribution in [1.29, 1.82) is 0 Å². The molecule has 6 rings (SSSR count). The Bertz CT molecular complexity index is 656. The van der Waals surface area contributed by atoms with Crippen LogP contribution in [0, 0.1) is 23.7 Å². The third kappa shape index (κ3) is 3.84. The van der Waals surface area contributed by atoms with Gasteiger partial charge in [0.1, 0.15) is 0 Å². The number of carbonyl (C=O) groups is 2. The summed E-state index contributed by atoms with van der Waals surface area (Å²) in [4.78, 5) is 27.8. The van der Waals surface area contributed by atoms with Crippen LogP contribution in [0.3, 0.4) is 0 Å². The van der Waals surface area contributed by atoms with Crippen LogP contribution >= 0.6 is 0 Å². The van der Waals surface area contributed by atoms with E-state index in [1.54, 1.807) is 0 Å². The maximum absolute atomic E-state index is 13.0. The molecule has 5 heteroatoms. The fraction of sp³-hybridized carbons (Fsp3) is 0.917. The summed E-state index contributed by atoms with van der Waals surface area (Å²) in [5.74, 6) is 3.45. The average Bonchev–Trinajstić information content (AvgIpc) is 3.05. The van der Waals surface area contributed by atoms with E-state index in [1.165, 1.54) is 44.9 Å². The Kier molecular flexibility index (Phi) is 4.76. The highest BCUT2D eigenvalue weighted by molar-refractivity contribution is 5.79. The standard InChI is InChI=1S/C24H39N3O2/c1-23(2,3)25-22(29)14-27-19-4-5-20(27)10-15(9-19)11-21(28)26-24-12-16-6-17(13-24)8-18(24)7-16/h15-20H,4-14H2,1-3H3,(H,25,29)(H,26,28)/t15?,16?,17?,18?,19-,20+,24?. The van der Waals surface area contributed by atoms with Gasteiger partial charge in [0.25, 0.3) is 0 Å². The highest BCUT2D eigenvalue weighted by atomic mass is 16.2. The van der Waals surface area contributed by atoms with Gasteiger partial charge in [0.15, 0.2) is 0 Å². The van der Waals surface area contributed by atoms with Crippen LogP contribution in [-0.4, -0.2) is 46.4 Å². The minimum absolute atomic E-state index is 0.136. The zero-order valence-corrected chi connectivity index (χ0v) is 18.5. The third-order valence-electron chi connectivity index (χ3n) is 8.67. The van der Waals surface area contributed by atoms with Crippen LogP contribution in [0.1, 0.15) is 85.0 Å². The van der Waals surface area contributed by atoms with E-state index in [-0.39, 0.29) is 17.0 Å². The number of nitrogens with one attached hydrogen (secondary N) is 2. The van der Waals surface area contributed by atoms with Gasteiger partial charge in [0.05, 0.1) is 6.54 Å². The number of nitrogens with zero attached hydrogens (tertiary/aromatic N) is 1. The lowest BCUT2D eigenvalue weighted by atomic mass is 9.80. The summed E-state index contributed by atoms with van der Waals surface area (Å²) in [6.45, 7) is 6.62. The first kappa shape index (κ1) is 19.8. The lowest BCUT2D eigenvalue weighted by molar-refractivity contribution is -0.127. The van der Waals surface area contributed by atoms with E-state index >= 15 is 0 Å². The molecule has 2 aliphatic heterocycles. The van der Waals surface area contributed by atoms with E-state index in [0.29, 0.717) is 36.9 Å². The van der Waals surface area contributed by atoms with Crippen molar-refractivity contribution in [3.63, 3.8) is 0 Å². The summed E-state index contributed by atoms with van der Waals surface area (Å²) in [7, 11) is 0. The van der Waals surface area contributed by atoms with Crippen LogP contribution in [0.25, 0.3) is 0 Å². The Morgan fingerprint density at radius 3 is 2.14 bits per heavy atom. The second-order valence-corrected chi connectivity index (χ2v) is 12.1. The summed E-state index contributed by atoms with van der Waals surface area (Å²) >= 11 is 0. The van der Waals surface area contributed by atoms with Gasteiger partial charge >= 0.3 is 0 Å². The van der Waals surface area contributed by atoms with E-state index in [0.717, 1.165) is 30.6 Å². The maximum Gasteiger partial charge on any atom is 0.234 e. The SMILES string of the molecule is CC(C)(C)NC(=O)CN1[C@@H]2CC[C@H]1CC(CC(=O)NC13CC4CC(CC1C4)C3)C2. The second kappa shape index (κ2) is 6.96. The van der Waals surface area contributed by atoms with Crippen LogP contribution in [-0.2, 0) is 9.59 Å². The molecule has 6 bridgehead atoms. The average molecular weight is 402 g/mol. The fourth-order valence-corrected chi connectivity index (χ4v) is 8.03. The van der Waals surface area contributed by atoms with Gasteiger partial charge in [-0.2, -0.15) is 0 Å². The molecule has 162 valence electrons. The highest BCUT2D eigenvalue weighted by Crippen LogP contribution is 2.60. The molecule has 4 saturated carbocycles. The molecule has 5 nitrogen and oxygen atoms in total. The zero-order chi connectivity index (χ0) is 20.4. The summed E-state index contributed by atoms with van der Waals surface area (Å²) in [6, 6.07) is 0.961.